The molecule has 1 aliphatic heterocycles. The van der Waals surface area contributed by atoms with Crippen molar-refractivity contribution in [2.75, 3.05) is 51.8 Å². The van der Waals surface area contributed by atoms with Crippen LogP contribution in [0.25, 0.3) is 0 Å². The number of ether oxygens (including phenoxy) is 1. The number of rotatable bonds is 6. The van der Waals surface area contributed by atoms with Gasteiger partial charge in [-0.25, -0.2) is 8.78 Å². The number of nitrogens with zero attached hydrogens (tertiary/aromatic N) is 1. The van der Waals surface area contributed by atoms with Crippen LogP contribution in [0.1, 0.15) is 22.0 Å². The van der Waals surface area contributed by atoms with Crippen molar-refractivity contribution in [1.29, 1.82) is 0 Å². The standard InChI is InChI=1S/C21H25F2N3O2/c1-25(2)16-8-6-15(7-9-16)19(26-10-12-28-13-11-26)14-24-21(27)20-17(22)4-3-5-18(20)23/h3-9,19H,10-14H2,1-2H3,(H,24,27)/p+1/t19-/m0/s1. The zero-order chi connectivity index (χ0) is 20.1. The molecule has 0 saturated carbocycles. The average molecular weight is 390 g/mol. The van der Waals surface area contributed by atoms with E-state index in [-0.39, 0.29) is 12.6 Å². The van der Waals surface area contributed by atoms with Gasteiger partial charge >= 0.3 is 0 Å². The van der Waals surface area contributed by atoms with E-state index in [1.807, 2.05) is 43.3 Å². The predicted molar refractivity (Wildman–Crippen MR) is 104 cm³/mol. The zero-order valence-corrected chi connectivity index (χ0v) is 16.2. The van der Waals surface area contributed by atoms with Gasteiger partial charge in [0.2, 0.25) is 0 Å². The first-order valence-electron chi connectivity index (χ1n) is 9.39. The third-order valence-corrected chi connectivity index (χ3v) is 5.10. The van der Waals surface area contributed by atoms with Crippen molar-refractivity contribution in [1.82, 2.24) is 5.32 Å². The number of halogens is 2. The minimum absolute atomic E-state index is 0.0288. The highest BCUT2D eigenvalue weighted by Crippen LogP contribution is 2.17. The molecule has 1 saturated heterocycles. The number of hydrogen-bond acceptors (Lipinski definition) is 3. The number of morpholine rings is 1. The summed E-state index contributed by atoms with van der Waals surface area (Å²) in [5, 5.41) is 2.72. The number of anilines is 1. The Hall–Kier alpha value is -2.51. The van der Waals surface area contributed by atoms with Crippen LogP contribution in [0.15, 0.2) is 42.5 Å². The quantitative estimate of drug-likeness (QED) is 0.784. The molecule has 5 nitrogen and oxygen atoms in total. The molecule has 0 bridgehead atoms. The first-order chi connectivity index (χ1) is 13.5. The molecule has 3 rings (SSSR count). The highest BCUT2D eigenvalue weighted by atomic mass is 19.1. The number of quaternary nitrogens is 1. The Morgan fingerprint density at radius 2 is 1.71 bits per heavy atom. The van der Waals surface area contributed by atoms with Crippen molar-refractivity contribution in [2.45, 2.75) is 6.04 Å². The lowest BCUT2D eigenvalue weighted by atomic mass is 10.0. The smallest absolute Gasteiger partial charge is 0.257 e. The fraction of sp³-hybridized carbons (Fsp3) is 0.381. The van der Waals surface area contributed by atoms with E-state index in [0.29, 0.717) is 13.2 Å². The van der Waals surface area contributed by atoms with E-state index in [2.05, 4.69) is 5.32 Å². The number of amides is 1. The van der Waals surface area contributed by atoms with Crippen molar-refractivity contribution in [3.63, 3.8) is 0 Å². The monoisotopic (exact) mass is 390 g/mol. The summed E-state index contributed by atoms with van der Waals surface area (Å²) in [5.41, 5.74) is 1.61. The summed E-state index contributed by atoms with van der Waals surface area (Å²) < 4.78 is 33.2. The van der Waals surface area contributed by atoms with E-state index in [1.165, 1.54) is 11.0 Å². The van der Waals surface area contributed by atoms with E-state index < -0.39 is 23.1 Å². The van der Waals surface area contributed by atoms with Gasteiger partial charge in [-0.1, -0.05) is 18.2 Å². The topological polar surface area (TPSA) is 46.0 Å². The molecule has 1 fully saturated rings. The van der Waals surface area contributed by atoms with E-state index >= 15 is 0 Å². The Balaban J connectivity index is 1.78. The van der Waals surface area contributed by atoms with E-state index in [4.69, 9.17) is 4.74 Å². The Labute approximate surface area is 163 Å². The molecule has 0 radical (unpaired) electrons. The molecule has 28 heavy (non-hydrogen) atoms. The van der Waals surface area contributed by atoms with Crippen LogP contribution in [-0.2, 0) is 4.74 Å². The van der Waals surface area contributed by atoms with Gasteiger partial charge in [-0.2, -0.15) is 0 Å². The molecule has 1 heterocycles. The molecule has 1 aliphatic rings. The molecule has 7 heteroatoms. The second kappa shape index (κ2) is 9.12. The Morgan fingerprint density at radius 1 is 1.11 bits per heavy atom. The number of hydrogen-bond donors (Lipinski definition) is 2. The lowest BCUT2D eigenvalue weighted by molar-refractivity contribution is -0.937. The summed E-state index contributed by atoms with van der Waals surface area (Å²) in [6, 6.07) is 11.5. The Morgan fingerprint density at radius 3 is 2.29 bits per heavy atom. The summed E-state index contributed by atoms with van der Waals surface area (Å²) in [5.74, 6) is -2.45. The number of nitrogens with one attached hydrogen (secondary N) is 2. The third-order valence-electron chi connectivity index (χ3n) is 5.10. The van der Waals surface area contributed by atoms with Gasteiger partial charge in [0.1, 0.15) is 36.3 Å². The van der Waals surface area contributed by atoms with Gasteiger partial charge in [-0.05, 0) is 24.3 Å². The van der Waals surface area contributed by atoms with Crippen LogP contribution in [0.4, 0.5) is 14.5 Å². The van der Waals surface area contributed by atoms with Gasteiger partial charge in [0, 0.05) is 25.3 Å². The van der Waals surface area contributed by atoms with Crippen molar-refractivity contribution in [3.8, 4) is 0 Å². The zero-order valence-electron chi connectivity index (χ0n) is 16.2. The molecule has 2 aromatic carbocycles. The van der Waals surface area contributed by atoms with Gasteiger partial charge in [-0.3, -0.25) is 4.79 Å². The van der Waals surface area contributed by atoms with Crippen LogP contribution in [0.2, 0.25) is 0 Å². The fourth-order valence-corrected chi connectivity index (χ4v) is 3.48. The second-order valence-electron chi connectivity index (χ2n) is 7.12. The van der Waals surface area contributed by atoms with Crippen molar-refractivity contribution >= 4 is 11.6 Å². The van der Waals surface area contributed by atoms with E-state index in [9.17, 15) is 13.6 Å². The minimum Gasteiger partial charge on any atom is -0.378 e. The predicted octanol–water partition coefficient (Wildman–Crippen LogP) is 1.42. The molecule has 2 aromatic rings. The summed E-state index contributed by atoms with van der Waals surface area (Å²) in [7, 11) is 3.95. The summed E-state index contributed by atoms with van der Waals surface area (Å²) >= 11 is 0. The average Bonchev–Trinajstić information content (AvgIpc) is 2.69. The number of carbonyl (C=O) groups excluding carboxylic acids is 1. The lowest BCUT2D eigenvalue weighted by Crippen LogP contribution is -3.15. The van der Waals surface area contributed by atoms with Gasteiger partial charge in [-0.15, -0.1) is 0 Å². The molecule has 0 spiro atoms. The van der Waals surface area contributed by atoms with Crippen molar-refractivity contribution in [3.05, 3.63) is 65.2 Å². The molecule has 1 atom stereocenters. The van der Waals surface area contributed by atoms with Gasteiger partial charge < -0.3 is 19.9 Å². The van der Waals surface area contributed by atoms with Gasteiger partial charge in [0.15, 0.2) is 0 Å². The third kappa shape index (κ3) is 4.66. The molecule has 2 N–H and O–H groups in total. The maximum atomic E-state index is 13.9. The summed E-state index contributed by atoms with van der Waals surface area (Å²) in [6.07, 6.45) is 0. The molecule has 1 amide bonds. The maximum absolute atomic E-state index is 13.9. The molecular formula is C21H26F2N3O2+. The number of benzene rings is 2. The highest BCUT2D eigenvalue weighted by molar-refractivity contribution is 5.94. The molecular weight excluding hydrogens is 364 g/mol. The molecule has 0 aliphatic carbocycles. The molecule has 0 aromatic heterocycles. The first kappa shape index (κ1) is 20.2. The number of carbonyl (C=O) groups is 1. The van der Waals surface area contributed by atoms with Gasteiger partial charge in [0.25, 0.3) is 5.91 Å². The second-order valence-corrected chi connectivity index (χ2v) is 7.12. The van der Waals surface area contributed by atoms with E-state index in [0.717, 1.165) is 36.5 Å². The Kier molecular flexibility index (Phi) is 6.59. The van der Waals surface area contributed by atoms with Crippen LogP contribution in [-0.4, -0.2) is 52.9 Å². The fourth-order valence-electron chi connectivity index (χ4n) is 3.48. The van der Waals surface area contributed by atoms with Crippen molar-refractivity contribution < 1.29 is 23.2 Å². The van der Waals surface area contributed by atoms with Crippen LogP contribution < -0.4 is 15.1 Å². The maximum Gasteiger partial charge on any atom is 0.257 e. The minimum atomic E-state index is -0.858. The van der Waals surface area contributed by atoms with Crippen molar-refractivity contribution in [2.24, 2.45) is 0 Å². The van der Waals surface area contributed by atoms with Gasteiger partial charge in [0.05, 0.1) is 19.8 Å². The normalized spacial score (nSPS) is 15.9. The largest absolute Gasteiger partial charge is 0.378 e. The summed E-state index contributed by atoms with van der Waals surface area (Å²) in [4.78, 5) is 15.7. The molecule has 150 valence electrons. The Bertz CT molecular complexity index is 786. The van der Waals surface area contributed by atoms with Crippen LogP contribution in [0, 0.1) is 11.6 Å². The van der Waals surface area contributed by atoms with Crippen LogP contribution in [0.3, 0.4) is 0 Å². The highest BCUT2D eigenvalue weighted by Gasteiger charge is 2.28. The SMILES string of the molecule is CN(C)c1ccc([C@H](CNC(=O)c2c(F)cccc2F)[NH+]2CCOCC2)cc1. The van der Waals surface area contributed by atoms with Crippen LogP contribution >= 0.6 is 0 Å². The lowest BCUT2D eigenvalue weighted by Gasteiger charge is -2.32. The first-order valence-corrected chi connectivity index (χ1v) is 9.39. The van der Waals surface area contributed by atoms with E-state index in [1.54, 1.807) is 0 Å². The van der Waals surface area contributed by atoms with Crippen LogP contribution in [0.5, 0.6) is 0 Å². The summed E-state index contributed by atoms with van der Waals surface area (Å²) in [6.45, 7) is 3.20. The molecule has 0 unspecified atom stereocenters.